The topological polar surface area (TPSA) is 96.0 Å². The maximum atomic E-state index is 14.0. The third kappa shape index (κ3) is 6.72. The van der Waals surface area contributed by atoms with Crippen LogP contribution in [0.4, 0.5) is 5.69 Å². The minimum atomic E-state index is -4.16. The van der Waals surface area contributed by atoms with Gasteiger partial charge in [-0.1, -0.05) is 67.1 Å². The van der Waals surface area contributed by atoms with Crippen LogP contribution < -0.4 is 14.4 Å². The Bertz CT molecular complexity index is 1330. The lowest BCUT2D eigenvalue weighted by Gasteiger charge is -2.33. The van der Waals surface area contributed by atoms with E-state index in [0.29, 0.717) is 18.7 Å². The first-order chi connectivity index (χ1) is 18.2. The van der Waals surface area contributed by atoms with Crippen LogP contribution in [-0.4, -0.2) is 51.4 Å². The van der Waals surface area contributed by atoms with Crippen molar-refractivity contribution in [2.24, 2.45) is 0 Å². The first kappa shape index (κ1) is 28.7. The highest BCUT2D eigenvalue weighted by atomic mass is 32.2. The summed E-state index contributed by atoms with van der Waals surface area (Å²) in [6.45, 7) is 5.56. The van der Waals surface area contributed by atoms with Crippen LogP contribution in [0.5, 0.6) is 5.75 Å². The molecule has 202 valence electrons. The molecule has 0 saturated carbocycles. The van der Waals surface area contributed by atoms with Crippen LogP contribution in [0.15, 0.2) is 83.8 Å². The minimum Gasteiger partial charge on any atom is -0.495 e. The summed E-state index contributed by atoms with van der Waals surface area (Å²) in [5.41, 5.74) is 1.97. The van der Waals surface area contributed by atoms with Crippen molar-refractivity contribution in [2.75, 3.05) is 24.5 Å². The highest BCUT2D eigenvalue weighted by molar-refractivity contribution is 7.92. The summed E-state index contributed by atoms with van der Waals surface area (Å²) in [5.74, 6) is -0.487. The third-order valence-corrected chi connectivity index (χ3v) is 7.95. The number of nitrogens with zero attached hydrogens (tertiary/aromatic N) is 2. The molecule has 3 aromatic carbocycles. The van der Waals surface area contributed by atoms with Crippen LogP contribution in [0.2, 0.25) is 0 Å². The second kappa shape index (κ2) is 13.1. The Labute approximate surface area is 225 Å². The molecule has 0 aliphatic heterocycles. The summed E-state index contributed by atoms with van der Waals surface area (Å²) in [6.07, 6.45) is 0.365. The van der Waals surface area contributed by atoms with Gasteiger partial charge in [-0.05, 0) is 50.1 Å². The quantitative estimate of drug-likeness (QED) is 0.375. The van der Waals surface area contributed by atoms with E-state index in [1.54, 1.807) is 36.4 Å². The van der Waals surface area contributed by atoms with E-state index in [-0.39, 0.29) is 23.0 Å². The molecule has 0 unspecified atom stereocenters. The Hall–Kier alpha value is -3.85. The van der Waals surface area contributed by atoms with Gasteiger partial charge in [0, 0.05) is 13.1 Å². The van der Waals surface area contributed by atoms with Crippen molar-refractivity contribution in [3.63, 3.8) is 0 Å². The average Bonchev–Trinajstić information content (AvgIpc) is 2.92. The molecular formula is C29H35N3O5S. The van der Waals surface area contributed by atoms with E-state index in [4.69, 9.17) is 4.74 Å². The van der Waals surface area contributed by atoms with Crippen molar-refractivity contribution in [2.45, 2.75) is 44.7 Å². The molecule has 0 bridgehead atoms. The van der Waals surface area contributed by atoms with Gasteiger partial charge in [0.25, 0.3) is 10.0 Å². The molecule has 3 aromatic rings. The van der Waals surface area contributed by atoms with Gasteiger partial charge in [0.05, 0.1) is 17.7 Å². The van der Waals surface area contributed by atoms with E-state index in [9.17, 15) is 18.0 Å². The van der Waals surface area contributed by atoms with E-state index in [2.05, 4.69) is 5.32 Å². The normalized spacial score (nSPS) is 11.9. The second-order valence-corrected chi connectivity index (χ2v) is 10.7. The lowest BCUT2D eigenvalue weighted by atomic mass is 10.1. The first-order valence-electron chi connectivity index (χ1n) is 12.6. The Morgan fingerprint density at radius 3 is 2.16 bits per heavy atom. The maximum absolute atomic E-state index is 14.0. The number of carbonyl (C=O) groups excluding carboxylic acids is 2. The van der Waals surface area contributed by atoms with Crippen LogP contribution in [0, 0.1) is 6.92 Å². The average molecular weight is 538 g/mol. The van der Waals surface area contributed by atoms with Crippen molar-refractivity contribution in [1.82, 2.24) is 10.2 Å². The lowest BCUT2D eigenvalue weighted by Crippen LogP contribution is -2.52. The zero-order valence-electron chi connectivity index (χ0n) is 22.3. The molecule has 0 saturated heterocycles. The van der Waals surface area contributed by atoms with E-state index >= 15 is 0 Å². The standard InChI is InChI=1S/C29H35N3O5S/c1-5-25(29(34)30-6-2)31(20-23-12-8-7-9-13-23)28(33)21-32(26-14-10-11-15-27(26)37-4)38(35,36)24-18-16-22(3)17-19-24/h7-19,25H,5-6,20-21H2,1-4H3,(H,30,34)/t25-/m1/s1. The van der Waals surface area contributed by atoms with Crippen molar-refractivity contribution in [1.29, 1.82) is 0 Å². The first-order valence-corrected chi connectivity index (χ1v) is 14.0. The molecule has 9 heteroatoms. The monoisotopic (exact) mass is 537 g/mol. The van der Waals surface area contributed by atoms with Crippen LogP contribution in [0.25, 0.3) is 0 Å². The van der Waals surface area contributed by atoms with Gasteiger partial charge in [-0.25, -0.2) is 8.42 Å². The Morgan fingerprint density at radius 1 is 0.921 bits per heavy atom. The zero-order chi connectivity index (χ0) is 27.7. The van der Waals surface area contributed by atoms with Gasteiger partial charge in [0.15, 0.2) is 0 Å². The summed E-state index contributed by atoms with van der Waals surface area (Å²) in [5, 5.41) is 2.80. The molecule has 0 spiro atoms. The number of hydrogen-bond acceptors (Lipinski definition) is 5. The van der Waals surface area contributed by atoms with Gasteiger partial charge in [-0.2, -0.15) is 0 Å². The SMILES string of the molecule is CCNC(=O)[C@@H](CC)N(Cc1ccccc1)C(=O)CN(c1ccccc1OC)S(=O)(=O)c1ccc(C)cc1. The highest BCUT2D eigenvalue weighted by Crippen LogP contribution is 2.32. The van der Waals surface area contributed by atoms with E-state index in [1.807, 2.05) is 51.1 Å². The molecule has 0 aliphatic rings. The summed E-state index contributed by atoms with van der Waals surface area (Å²) in [7, 11) is -2.72. The summed E-state index contributed by atoms with van der Waals surface area (Å²) >= 11 is 0. The summed E-state index contributed by atoms with van der Waals surface area (Å²) < 4.78 is 34.4. The Balaban J connectivity index is 2.09. The molecule has 3 rings (SSSR count). The number of ether oxygens (including phenoxy) is 1. The van der Waals surface area contributed by atoms with Gasteiger partial charge in [0.2, 0.25) is 11.8 Å². The number of sulfonamides is 1. The Morgan fingerprint density at radius 2 is 1.55 bits per heavy atom. The van der Waals surface area contributed by atoms with Gasteiger partial charge in [0.1, 0.15) is 18.3 Å². The van der Waals surface area contributed by atoms with Crippen molar-refractivity contribution in [3.8, 4) is 5.75 Å². The smallest absolute Gasteiger partial charge is 0.264 e. The van der Waals surface area contributed by atoms with E-state index in [0.717, 1.165) is 15.4 Å². The number of benzene rings is 3. The maximum Gasteiger partial charge on any atom is 0.264 e. The van der Waals surface area contributed by atoms with Crippen molar-refractivity contribution < 1.29 is 22.7 Å². The number of para-hydroxylation sites is 2. The summed E-state index contributed by atoms with van der Waals surface area (Å²) in [6, 6.07) is 21.6. The van der Waals surface area contributed by atoms with Crippen LogP contribution in [-0.2, 0) is 26.2 Å². The predicted molar refractivity (Wildman–Crippen MR) is 148 cm³/mol. The van der Waals surface area contributed by atoms with E-state index < -0.39 is 28.5 Å². The number of hydrogen-bond donors (Lipinski definition) is 1. The van der Waals surface area contributed by atoms with Crippen molar-refractivity contribution in [3.05, 3.63) is 90.0 Å². The largest absolute Gasteiger partial charge is 0.495 e. The molecule has 0 radical (unpaired) electrons. The third-order valence-electron chi connectivity index (χ3n) is 6.17. The van der Waals surface area contributed by atoms with Crippen molar-refractivity contribution >= 4 is 27.5 Å². The molecule has 1 atom stereocenters. The van der Waals surface area contributed by atoms with Crippen LogP contribution in [0.3, 0.4) is 0 Å². The number of anilines is 1. The molecule has 38 heavy (non-hydrogen) atoms. The second-order valence-electron chi connectivity index (χ2n) is 8.82. The molecule has 1 N–H and O–H groups in total. The number of methoxy groups -OCH3 is 1. The van der Waals surface area contributed by atoms with Gasteiger partial charge >= 0.3 is 0 Å². The summed E-state index contributed by atoms with van der Waals surface area (Å²) in [4.78, 5) is 28.4. The molecule has 0 fully saturated rings. The zero-order valence-corrected chi connectivity index (χ0v) is 23.1. The number of likely N-dealkylation sites (N-methyl/N-ethyl adjacent to an activating group) is 1. The van der Waals surface area contributed by atoms with Crippen LogP contribution in [0.1, 0.15) is 31.4 Å². The van der Waals surface area contributed by atoms with E-state index in [1.165, 1.54) is 24.1 Å². The molecule has 2 amide bonds. The number of nitrogens with one attached hydrogen (secondary N) is 1. The lowest BCUT2D eigenvalue weighted by molar-refractivity contribution is -0.140. The predicted octanol–water partition coefficient (Wildman–Crippen LogP) is 4.14. The molecular weight excluding hydrogens is 502 g/mol. The fraction of sp³-hybridized carbons (Fsp3) is 0.310. The molecule has 0 aromatic heterocycles. The minimum absolute atomic E-state index is 0.0483. The molecule has 8 nitrogen and oxygen atoms in total. The molecule has 0 heterocycles. The highest BCUT2D eigenvalue weighted by Gasteiger charge is 2.34. The molecule has 0 aliphatic carbocycles. The Kier molecular flexibility index (Phi) is 9.90. The number of carbonyl (C=O) groups is 2. The van der Waals surface area contributed by atoms with Gasteiger partial charge < -0.3 is 15.0 Å². The fourth-order valence-electron chi connectivity index (χ4n) is 4.18. The van der Waals surface area contributed by atoms with Gasteiger partial charge in [-0.3, -0.25) is 13.9 Å². The van der Waals surface area contributed by atoms with Crippen LogP contribution >= 0.6 is 0 Å². The fourth-order valence-corrected chi connectivity index (χ4v) is 5.60. The number of rotatable bonds is 12. The number of amides is 2. The number of aryl methyl sites for hydroxylation is 1. The van der Waals surface area contributed by atoms with Gasteiger partial charge in [-0.15, -0.1) is 0 Å².